The van der Waals surface area contributed by atoms with E-state index in [1.807, 2.05) is 6.92 Å². The second kappa shape index (κ2) is 6.82. The van der Waals surface area contributed by atoms with Crippen LogP contribution in [0.3, 0.4) is 0 Å². The molecule has 0 spiro atoms. The number of rotatable bonds is 6. The predicted molar refractivity (Wildman–Crippen MR) is 60.2 cm³/mol. The van der Waals surface area contributed by atoms with Gasteiger partial charge in [0.1, 0.15) is 0 Å². The van der Waals surface area contributed by atoms with Crippen LogP contribution in [-0.4, -0.2) is 25.0 Å². The predicted octanol–water partition coefficient (Wildman–Crippen LogP) is 1.39. The summed E-state index contributed by atoms with van der Waals surface area (Å²) in [5.41, 5.74) is 0. The van der Waals surface area contributed by atoms with Gasteiger partial charge in [0, 0.05) is 6.04 Å². The van der Waals surface area contributed by atoms with Crippen LogP contribution < -0.4 is 10.6 Å². The average Bonchev–Trinajstić information content (AvgIpc) is 2.02. The SMILES string of the molecule is CC(C)CNCC(=O)NC(C)C(C)C. The van der Waals surface area contributed by atoms with E-state index in [4.69, 9.17) is 0 Å². The Morgan fingerprint density at radius 3 is 2.14 bits per heavy atom. The van der Waals surface area contributed by atoms with E-state index in [9.17, 15) is 4.79 Å². The van der Waals surface area contributed by atoms with Crippen molar-refractivity contribution in [2.24, 2.45) is 11.8 Å². The largest absolute Gasteiger partial charge is 0.352 e. The Labute approximate surface area is 87.6 Å². The minimum absolute atomic E-state index is 0.0897. The van der Waals surface area contributed by atoms with Gasteiger partial charge in [-0.05, 0) is 25.3 Å². The van der Waals surface area contributed by atoms with Crippen LogP contribution in [0.15, 0.2) is 0 Å². The maximum atomic E-state index is 11.4. The molecule has 0 rings (SSSR count). The summed E-state index contributed by atoms with van der Waals surface area (Å²) in [7, 11) is 0. The Hall–Kier alpha value is -0.570. The molecule has 3 nitrogen and oxygen atoms in total. The van der Waals surface area contributed by atoms with Crippen LogP contribution in [0.25, 0.3) is 0 Å². The number of nitrogens with one attached hydrogen (secondary N) is 2. The van der Waals surface area contributed by atoms with Crippen LogP contribution in [0.2, 0.25) is 0 Å². The number of hydrogen-bond donors (Lipinski definition) is 2. The van der Waals surface area contributed by atoms with Crippen molar-refractivity contribution in [2.45, 2.75) is 40.7 Å². The Morgan fingerprint density at radius 2 is 1.71 bits per heavy atom. The van der Waals surface area contributed by atoms with E-state index < -0.39 is 0 Å². The molecular formula is C11H24N2O. The van der Waals surface area contributed by atoms with Crippen LogP contribution in [0.5, 0.6) is 0 Å². The van der Waals surface area contributed by atoms with E-state index >= 15 is 0 Å². The average molecular weight is 200 g/mol. The maximum absolute atomic E-state index is 11.4. The molecule has 0 aliphatic carbocycles. The summed E-state index contributed by atoms with van der Waals surface area (Å²) in [5.74, 6) is 1.17. The van der Waals surface area contributed by atoms with Crippen LogP contribution in [0, 0.1) is 11.8 Å². The van der Waals surface area contributed by atoms with Crippen molar-refractivity contribution in [3.8, 4) is 0 Å². The van der Waals surface area contributed by atoms with Crippen molar-refractivity contribution < 1.29 is 4.79 Å². The summed E-state index contributed by atoms with van der Waals surface area (Å²) in [6.07, 6.45) is 0. The van der Waals surface area contributed by atoms with Gasteiger partial charge in [0.15, 0.2) is 0 Å². The van der Waals surface area contributed by atoms with Crippen LogP contribution >= 0.6 is 0 Å². The van der Waals surface area contributed by atoms with Gasteiger partial charge >= 0.3 is 0 Å². The summed E-state index contributed by atoms with van der Waals surface area (Å²) in [6, 6.07) is 0.253. The first-order valence-electron chi connectivity index (χ1n) is 5.43. The van der Waals surface area contributed by atoms with Gasteiger partial charge in [-0.1, -0.05) is 27.7 Å². The molecule has 0 aromatic rings. The van der Waals surface area contributed by atoms with Gasteiger partial charge in [-0.2, -0.15) is 0 Å². The summed E-state index contributed by atoms with van der Waals surface area (Å²) < 4.78 is 0. The van der Waals surface area contributed by atoms with Gasteiger partial charge < -0.3 is 10.6 Å². The standard InChI is InChI=1S/C11H24N2O/c1-8(2)6-12-7-11(14)13-10(5)9(3)4/h8-10,12H,6-7H2,1-5H3,(H,13,14). The zero-order chi connectivity index (χ0) is 11.1. The topological polar surface area (TPSA) is 41.1 Å². The molecule has 0 aromatic carbocycles. The molecule has 3 heteroatoms. The lowest BCUT2D eigenvalue weighted by Crippen LogP contribution is -2.41. The first-order chi connectivity index (χ1) is 6.43. The lowest BCUT2D eigenvalue weighted by molar-refractivity contribution is -0.121. The lowest BCUT2D eigenvalue weighted by Gasteiger charge is -2.17. The molecule has 0 saturated heterocycles. The molecule has 1 atom stereocenters. The first-order valence-corrected chi connectivity index (χ1v) is 5.43. The minimum Gasteiger partial charge on any atom is -0.352 e. The molecule has 84 valence electrons. The highest BCUT2D eigenvalue weighted by Crippen LogP contribution is 1.98. The summed E-state index contributed by atoms with van der Waals surface area (Å²) >= 11 is 0. The van der Waals surface area contributed by atoms with Crippen LogP contribution in [-0.2, 0) is 4.79 Å². The molecule has 0 heterocycles. The van der Waals surface area contributed by atoms with Gasteiger partial charge in [0.05, 0.1) is 6.54 Å². The minimum atomic E-state index is 0.0897. The van der Waals surface area contributed by atoms with E-state index in [2.05, 4.69) is 38.3 Å². The summed E-state index contributed by atoms with van der Waals surface area (Å²) in [6.45, 7) is 11.8. The fourth-order valence-electron chi connectivity index (χ4n) is 0.946. The quantitative estimate of drug-likeness (QED) is 0.680. The zero-order valence-electron chi connectivity index (χ0n) is 10.1. The molecule has 14 heavy (non-hydrogen) atoms. The molecule has 0 aliphatic heterocycles. The number of carbonyl (C=O) groups is 1. The van der Waals surface area contributed by atoms with Crippen LogP contribution in [0.1, 0.15) is 34.6 Å². The normalized spacial score (nSPS) is 13.4. The zero-order valence-corrected chi connectivity index (χ0v) is 10.1. The lowest BCUT2D eigenvalue weighted by atomic mass is 10.1. The molecule has 0 bridgehead atoms. The van der Waals surface area contributed by atoms with Crippen molar-refractivity contribution in [3.05, 3.63) is 0 Å². The van der Waals surface area contributed by atoms with Crippen molar-refractivity contribution in [1.29, 1.82) is 0 Å². The van der Waals surface area contributed by atoms with Gasteiger partial charge in [0.25, 0.3) is 0 Å². The van der Waals surface area contributed by atoms with Gasteiger partial charge in [-0.25, -0.2) is 0 Å². The molecule has 2 N–H and O–H groups in total. The number of carbonyl (C=O) groups excluding carboxylic acids is 1. The highest BCUT2D eigenvalue weighted by molar-refractivity contribution is 5.78. The van der Waals surface area contributed by atoms with E-state index in [0.717, 1.165) is 6.54 Å². The maximum Gasteiger partial charge on any atom is 0.234 e. The Balaban J connectivity index is 3.55. The monoisotopic (exact) mass is 200 g/mol. The third kappa shape index (κ3) is 6.89. The smallest absolute Gasteiger partial charge is 0.234 e. The number of hydrogen-bond acceptors (Lipinski definition) is 2. The Morgan fingerprint density at radius 1 is 1.14 bits per heavy atom. The molecule has 0 fully saturated rings. The number of amides is 1. The van der Waals surface area contributed by atoms with Crippen molar-refractivity contribution in [3.63, 3.8) is 0 Å². The second-order valence-corrected chi connectivity index (χ2v) is 4.62. The molecular weight excluding hydrogens is 176 g/mol. The highest BCUT2D eigenvalue weighted by Gasteiger charge is 2.09. The molecule has 0 radical (unpaired) electrons. The van der Waals surface area contributed by atoms with Gasteiger partial charge in [-0.15, -0.1) is 0 Å². The molecule has 0 aromatic heterocycles. The fourth-order valence-corrected chi connectivity index (χ4v) is 0.946. The van der Waals surface area contributed by atoms with Crippen molar-refractivity contribution in [2.75, 3.05) is 13.1 Å². The van der Waals surface area contributed by atoms with Crippen LogP contribution in [0.4, 0.5) is 0 Å². The molecule has 0 aliphatic rings. The van der Waals surface area contributed by atoms with E-state index in [0.29, 0.717) is 18.4 Å². The van der Waals surface area contributed by atoms with Gasteiger partial charge in [0.2, 0.25) is 5.91 Å². The Bertz CT molecular complexity index is 167. The fraction of sp³-hybridized carbons (Fsp3) is 0.909. The van der Waals surface area contributed by atoms with E-state index in [1.54, 1.807) is 0 Å². The van der Waals surface area contributed by atoms with Gasteiger partial charge in [-0.3, -0.25) is 4.79 Å². The summed E-state index contributed by atoms with van der Waals surface area (Å²) in [4.78, 5) is 11.4. The molecule has 1 amide bonds. The Kier molecular flexibility index (Phi) is 6.54. The second-order valence-electron chi connectivity index (χ2n) is 4.62. The first kappa shape index (κ1) is 13.4. The third-order valence-corrected chi connectivity index (χ3v) is 2.23. The van der Waals surface area contributed by atoms with E-state index in [1.165, 1.54) is 0 Å². The van der Waals surface area contributed by atoms with Crippen molar-refractivity contribution >= 4 is 5.91 Å². The molecule has 0 saturated carbocycles. The third-order valence-electron chi connectivity index (χ3n) is 2.23. The molecule has 1 unspecified atom stereocenters. The van der Waals surface area contributed by atoms with Crippen molar-refractivity contribution in [1.82, 2.24) is 10.6 Å². The summed E-state index contributed by atoms with van der Waals surface area (Å²) in [5, 5.41) is 6.07. The highest BCUT2D eigenvalue weighted by atomic mass is 16.1. The van der Waals surface area contributed by atoms with E-state index in [-0.39, 0.29) is 11.9 Å².